The third kappa shape index (κ3) is 4.01. The summed E-state index contributed by atoms with van der Waals surface area (Å²) in [5.74, 6) is 0.0319. The fraction of sp³-hybridized carbons (Fsp3) is 0.500. The molecule has 0 aliphatic carbocycles. The molecule has 1 aromatic heterocycles. The van der Waals surface area contributed by atoms with E-state index in [1.807, 2.05) is 31.2 Å². The van der Waals surface area contributed by atoms with Crippen molar-refractivity contribution in [2.24, 2.45) is 0 Å². The normalized spacial score (nSPS) is 26.0. The molecule has 27 heavy (non-hydrogen) atoms. The molecule has 2 fully saturated rings. The number of likely N-dealkylation sites (tertiary alicyclic amines) is 2. The summed E-state index contributed by atoms with van der Waals surface area (Å²) in [6, 6.07) is 8.14. The Hall–Kier alpha value is -1.92. The number of rotatable bonds is 4. The SMILES string of the molecule is C[C@@H]1C[C@H](F)CN1C(=O)CN1CC[C@@H](Nc2cccc3ncc(Cl)cc23)C1. The first-order chi connectivity index (χ1) is 13.0. The van der Waals surface area contributed by atoms with Crippen molar-refractivity contribution in [2.75, 3.05) is 31.5 Å². The first kappa shape index (κ1) is 18.4. The summed E-state index contributed by atoms with van der Waals surface area (Å²) in [4.78, 5) is 20.7. The molecular weight excluding hydrogens is 367 g/mol. The second-order valence-electron chi connectivity index (χ2n) is 7.62. The van der Waals surface area contributed by atoms with Gasteiger partial charge in [0, 0.05) is 48.9 Å². The number of aromatic nitrogens is 1. The highest BCUT2D eigenvalue weighted by molar-refractivity contribution is 6.31. The molecule has 2 aliphatic heterocycles. The summed E-state index contributed by atoms with van der Waals surface area (Å²) in [5, 5.41) is 5.19. The summed E-state index contributed by atoms with van der Waals surface area (Å²) in [7, 11) is 0. The number of carbonyl (C=O) groups is 1. The zero-order valence-electron chi connectivity index (χ0n) is 15.4. The first-order valence-electron chi connectivity index (χ1n) is 9.46. The quantitative estimate of drug-likeness (QED) is 0.869. The minimum absolute atomic E-state index is 0.00282. The average molecular weight is 391 g/mol. The molecule has 1 amide bonds. The molecule has 0 radical (unpaired) electrons. The van der Waals surface area contributed by atoms with Gasteiger partial charge in [0.15, 0.2) is 0 Å². The largest absolute Gasteiger partial charge is 0.380 e. The van der Waals surface area contributed by atoms with Gasteiger partial charge in [-0.15, -0.1) is 0 Å². The molecule has 1 aromatic carbocycles. The van der Waals surface area contributed by atoms with E-state index in [0.29, 0.717) is 18.0 Å². The van der Waals surface area contributed by atoms with Gasteiger partial charge in [0.05, 0.1) is 23.6 Å². The fourth-order valence-electron chi connectivity index (χ4n) is 4.16. The van der Waals surface area contributed by atoms with E-state index < -0.39 is 6.17 Å². The van der Waals surface area contributed by atoms with E-state index in [-0.39, 0.29) is 24.5 Å². The molecule has 0 spiro atoms. The Labute approximate surface area is 163 Å². The lowest BCUT2D eigenvalue weighted by Gasteiger charge is -2.24. The highest BCUT2D eigenvalue weighted by Gasteiger charge is 2.34. The third-order valence-electron chi connectivity index (χ3n) is 5.53. The number of alkyl halides is 1. The fourth-order valence-corrected chi connectivity index (χ4v) is 4.32. The number of pyridine rings is 1. The summed E-state index contributed by atoms with van der Waals surface area (Å²) in [6.07, 6.45) is 2.17. The zero-order chi connectivity index (χ0) is 19.0. The number of hydrogen-bond donors (Lipinski definition) is 1. The van der Waals surface area contributed by atoms with Gasteiger partial charge in [0.1, 0.15) is 6.17 Å². The van der Waals surface area contributed by atoms with Crippen LogP contribution in [0.2, 0.25) is 5.02 Å². The number of nitrogens with zero attached hydrogens (tertiary/aromatic N) is 3. The molecule has 1 N–H and O–H groups in total. The smallest absolute Gasteiger partial charge is 0.237 e. The number of fused-ring (bicyclic) bond motifs is 1. The highest BCUT2D eigenvalue weighted by Crippen LogP contribution is 2.27. The van der Waals surface area contributed by atoms with Crippen LogP contribution in [0.1, 0.15) is 19.8 Å². The topological polar surface area (TPSA) is 48.5 Å². The summed E-state index contributed by atoms with van der Waals surface area (Å²) in [5.41, 5.74) is 1.91. The van der Waals surface area contributed by atoms with E-state index in [1.165, 1.54) is 0 Å². The lowest BCUT2D eigenvalue weighted by molar-refractivity contribution is -0.132. The van der Waals surface area contributed by atoms with Crippen molar-refractivity contribution < 1.29 is 9.18 Å². The minimum atomic E-state index is -0.885. The van der Waals surface area contributed by atoms with Gasteiger partial charge in [-0.25, -0.2) is 4.39 Å². The predicted octanol–water partition coefficient (Wildman–Crippen LogP) is 3.33. The molecule has 2 aliphatic rings. The number of benzene rings is 1. The number of halogens is 2. The molecule has 7 heteroatoms. The van der Waals surface area contributed by atoms with Crippen LogP contribution in [0, 0.1) is 0 Å². The van der Waals surface area contributed by atoms with Crippen LogP contribution in [0.5, 0.6) is 0 Å². The summed E-state index contributed by atoms with van der Waals surface area (Å²) >= 11 is 6.10. The zero-order valence-corrected chi connectivity index (χ0v) is 16.1. The van der Waals surface area contributed by atoms with Crippen LogP contribution < -0.4 is 5.32 Å². The van der Waals surface area contributed by atoms with Crippen molar-refractivity contribution in [1.29, 1.82) is 0 Å². The standard InChI is InChI=1S/C20H24ClFN4O/c1-13-7-15(22)10-26(13)20(27)12-25-6-5-16(11-25)24-19-4-2-3-18-17(19)8-14(21)9-23-18/h2-4,8-9,13,15-16,24H,5-7,10-12H2,1H3/t13-,15+,16-/m1/s1. The minimum Gasteiger partial charge on any atom is -0.380 e. The molecule has 144 valence electrons. The molecule has 5 nitrogen and oxygen atoms in total. The Morgan fingerprint density at radius 2 is 2.26 bits per heavy atom. The molecule has 3 heterocycles. The van der Waals surface area contributed by atoms with Gasteiger partial charge in [-0.3, -0.25) is 14.7 Å². The average Bonchev–Trinajstić information content (AvgIpc) is 3.21. The molecule has 0 bridgehead atoms. The number of nitrogens with one attached hydrogen (secondary N) is 1. The molecule has 4 rings (SSSR count). The summed E-state index contributed by atoms with van der Waals surface area (Å²) < 4.78 is 13.5. The third-order valence-corrected chi connectivity index (χ3v) is 5.73. The maximum absolute atomic E-state index is 13.5. The monoisotopic (exact) mass is 390 g/mol. The molecule has 2 aromatic rings. The molecule has 2 saturated heterocycles. The maximum Gasteiger partial charge on any atom is 0.237 e. The van der Waals surface area contributed by atoms with E-state index in [0.717, 1.165) is 36.1 Å². The Bertz CT molecular complexity index is 848. The van der Waals surface area contributed by atoms with E-state index in [4.69, 9.17) is 11.6 Å². The van der Waals surface area contributed by atoms with Crippen molar-refractivity contribution in [3.05, 3.63) is 35.5 Å². The van der Waals surface area contributed by atoms with Crippen LogP contribution in [0.3, 0.4) is 0 Å². The predicted molar refractivity (Wildman–Crippen MR) is 106 cm³/mol. The van der Waals surface area contributed by atoms with Crippen LogP contribution >= 0.6 is 11.6 Å². The van der Waals surface area contributed by atoms with E-state index in [9.17, 15) is 9.18 Å². The Balaban J connectivity index is 1.38. The lowest BCUT2D eigenvalue weighted by atomic mass is 10.1. The van der Waals surface area contributed by atoms with E-state index in [2.05, 4.69) is 15.2 Å². The van der Waals surface area contributed by atoms with Crippen molar-refractivity contribution >= 4 is 34.1 Å². The van der Waals surface area contributed by atoms with Crippen molar-refractivity contribution in [3.63, 3.8) is 0 Å². The number of hydrogen-bond acceptors (Lipinski definition) is 4. The van der Waals surface area contributed by atoms with Gasteiger partial charge >= 0.3 is 0 Å². The maximum atomic E-state index is 13.5. The van der Waals surface area contributed by atoms with Gasteiger partial charge in [-0.2, -0.15) is 0 Å². The van der Waals surface area contributed by atoms with E-state index >= 15 is 0 Å². The number of carbonyl (C=O) groups excluding carboxylic acids is 1. The first-order valence-corrected chi connectivity index (χ1v) is 9.84. The van der Waals surface area contributed by atoms with Crippen LogP contribution in [0.4, 0.5) is 10.1 Å². The Morgan fingerprint density at radius 3 is 3.04 bits per heavy atom. The number of amides is 1. The van der Waals surface area contributed by atoms with Crippen molar-refractivity contribution in [1.82, 2.24) is 14.8 Å². The van der Waals surface area contributed by atoms with Gasteiger partial charge in [0.25, 0.3) is 0 Å². The van der Waals surface area contributed by atoms with Crippen LogP contribution in [0.25, 0.3) is 10.9 Å². The van der Waals surface area contributed by atoms with Crippen molar-refractivity contribution in [3.8, 4) is 0 Å². The molecular formula is C20H24ClFN4O. The van der Waals surface area contributed by atoms with Gasteiger partial charge < -0.3 is 10.2 Å². The summed E-state index contributed by atoms with van der Waals surface area (Å²) in [6.45, 7) is 4.16. The Morgan fingerprint density at radius 1 is 1.41 bits per heavy atom. The van der Waals surface area contributed by atoms with Crippen molar-refractivity contribution in [2.45, 2.75) is 38.0 Å². The van der Waals surface area contributed by atoms with Crippen LogP contribution in [-0.4, -0.2) is 65.1 Å². The van der Waals surface area contributed by atoms with Gasteiger partial charge in [0.2, 0.25) is 5.91 Å². The lowest BCUT2D eigenvalue weighted by Crippen LogP contribution is -2.42. The Kier molecular flexibility index (Phi) is 5.19. The van der Waals surface area contributed by atoms with Crippen LogP contribution in [0.15, 0.2) is 30.5 Å². The van der Waals surface area contributed by atoms with Crippen LogP contribution in [-0.2, 0) is 4.79 Å². The highest BCUT2D eigenvalue weighted by atomic mass is 35.5. The van der Waals surface area contributed by atoms with Gasteiger partial charge in [-0.05, 0) is 31.5 Å². The second kappa shape index (κ2) is 7.60. The molecule has 0 unspecified atom stereocenters. The molecule has 0 saturated carbocycles. The molecule has 3 atom stereocenters. The van der Waals surface area contributed by atoms with E-state index in [1.54, 1.807) is 11.1 Å². The number of anilines is 1. The van der Waals surface area contributed by atoms with Gasteiger partial charge in [-0.1, -0.05) is 17.7 Å². The second-order valence-corrected chi connectivity index (χ2v) is 8.06.